The number of hydrogen-bond acceptors (Lipinski definition) is 4. The number of oxazole rings is 1. The largest absolute Gasteiger partial charge is 0.444 e. The number of hydrogen-bond donors (Lipinski definition) is 1. The van der Waals surface area contributed by atoms with Gasteiger partial charge in [-0.25, -0.2) is 9.37 Å². The minimum absolute atomic E-state index is 0.262. The third-order valence-electron chi connectivity index (χ3n) is 3.34. The zero-order chi connectivity index (χ0) is 13.2. The summed E-state index contributed by atoms with van der Waals surface area (Å²) in [7, 11) is 0. The lowest BCUT2D eigenvalue weighted by Crippen LogP contribution is -2.26. The maximum atomic E-state index is 12.8. The van der Waals surface area contributed by atoms with Crippen LogP contribution in [0, 0.1) is 5.82 Å². The molecule has 0 radical (unpaired) electrons. The predicted molar refractivity (Wildman–Crippen MR) is 69.8 cm³/mol. The number of nitrogens with two attached hydrogens (primary N) is 1. The van der Waals surface area contributed by atoms with Crippen molar-refractivity contribution in [2.24, 2.45) is 5.73 Å². The van der Waals surface area contributed by atoms with E-state index in [9.17, 15) is 4.39 Å². The summed E-state index contributed by atoms with van der Waals surface area (Å²) >= 11 is 0. The number of likely N-dealkylation sites (tertiary alicyclic amines) is 1. The second-order valence-electron chi connectivity index (χ2n) is 4.93. The molecule has 1 aliphatic rings. The Balaban J connectivity index is 1.71. The molecule has 0 spiro atoms. The van der Waals surface area contributed by atoms with Crippen LogP contribution >= 0.6 is 0 Å². The fourth-order valence-corrected chi connectivity index (χ4v) is 2.34. The SMILES string of the molecule is N[C@@H]1CCN(Cc2coc(-c3ccc(F)cc3)n2)C1. The van der Waals surface area contributed by atoms with Crippen LogP contribution in [-0.4, -0.2) is 29.0 Å². The Morgan fingerprint density at radius 1 is 1.37 bits per heavy atom. The van der Waals surface area contributed by atoms with Gasteiger partial charge in [-0.2, -0.15) is 0 Å². The monoisotopic (exact) mass is 261 g/mol. The van der Waals surface area contributed by atoms with Crippen molar-refractivity contribution in [1.82, 2.24) is 9.88 Å². The Morgan fingerprint density at radius 3 is 2.84 bits per heavy atom. The zero-order valence-corrected chi connectivity index (χ0v) is 10.6. The molecule has 1 aromatic carbocycles. The van der Waals surface area contributed by atoms with E-state index in [-0.39, 0.29) is 11.9 Å². The Bertz CT molecular complexity index is 552. The molecule has 0 amide bonds. The summed E-state index contributed by atoms with van der Waals surface area (Å²) in [5.74, 6) is 0.264. The molecular formula is C14H16FN3O. The minimum atomic E-state index is -0.262. The highest BCUT2D eigenvalue weighted by atomic mass is 19.1. The van der Waals surface area contributed by atoms with Crippen LogP contribution in [0.4, 0.5) is 4.39 Å². The minimum Gasteiger partial charge on any atom is -0.444 e. The second-order valence-corrected chi connectivity index (χ2v) is 4.93. The van der Waals surface area contributed by atoms with E-state index < -0.39 is 0 Å². The molecule has 5 heteroatoms. The first-order valence-electron chi connectivity index (χ1n) is 6.39. The number of nitrogens with zero attached hydrogens (tertiary/aromatic N) is 2. The zero-order valence-electron chi connectivity index (χ0n) is 10.6. The van der Waals surface area contributed by atoms with Crippen molar-refractivity contribution in [3.05, 3.63) is 42.0 Å². The molecule has 2 heterocycles. The Morgan fingerprint density at radius 2 is 2.16 bits per heavy atom. The first kappa shape index (κ1) is 12.3. The van der Waals surface area contributed by atoms with Crippen molar-refractivity contribution < 1.29 is 8.81 Å². The molecule has 0 bridgehead atoms. The first-order chi connectivity index (χ1) is 9.20. The summed E-state index contributed by atoms with van der Waals surface area (Å²) in [6.07, 6.45) is 2.69. The molecule has 0 aliphatic carbocycles. The van der Waals surface area contributed by atoms with E-state index in [1.54, 1.807) is 18.4 Å². The second kappa shape index (κ2) is 5.11. The van der Waals surface area contributed by atoms with E-state index in [2.05, 4.69) is 9.88 Å². The summed E-state index contributed by atoms with van der Waals surface area (Å²) in [5.41, 5.74) is 7.53. The lowest BCUT2D eigenvalue weighted by atomic mass is 10.2. The van der Waals surface area contributed by atoms with Crippen LogP contribution in [0.3, 0.4) is 0 Å². The van der Waals surface area contributed by atoms with Gasteiger partial charge in [0.1, 0.15) is 12.1 Å². The average molecular weight is 261 g/mol. The van der Waals surface area contributed by atoms with Crippen LogP contribution in [0.2, 0.25) is 0 Å². The van der Waals surface area contributed by atoms with Crippen LogP contribution in [0.25, 0.3) is 11.5 Å². The molecule has 1 saturated heterocycles. The molecule has 2 N–H and O–H groups in total. The van der Waals surface area contributed by atoms with Crippen molar-refractivity contribution in [3.63, 3.8) is 0 Å². The van der Waals surface area contributed by atoms with Crippen molar-refractivity contribution >= 4 is 0 Å². The topological polar surface area (TPSA) is 55.3 Å². The van der Waals surface area contributed by atoms with Crippen LogP contribution < -0.4 is 5.73 Å². The average Bonchev–Trinajstić information content (AvgIpc) is 3.00. The molecule has 4 nitrogen and oxygen atoms in total. The van der Waals surface area contributed by atoms with Crippen molar-refractivity contribution in [2.75, 3.05) is 13.1 Å². The fraction of sp³-hybridized carbons (Fsp3) is 0.357. The highest BCUT2D eigenvalue weighted by molar-refractivity contribution is 5.52. The molecule has 3 rings (SSSR count). The fourth-order valence-electron chi connectivity index (χ4n) is 2.34. The normalized spacial score (nSPS) is 20.0. The van der Waals surface area contributed by atoms with Gasteiger partial charge in [-0.05, 0) is 30.7 Å². The lowest BCUT2D eigenvalue weighted by Gasteiger charge is -2.12. The van der Waals surface area contributed by atoms with Gasteiger partial charge in [-0.1, -0.05) is 0 Å². The van der Waals surface area contributed by atoms with Gasteiger partial charge in [-0.15, -0.1) is 0 Å². The van der Waals surface area contributed by atoms with Gasteiger partial charge in [0, 0.05) is 31.2 Å². The summed E-state index contributed by atoms with van der Waals surface area (Å²) < 4.78 is 18.3. The van der Waals surface area contributed by atoms with Crippen LogP contribution in [-0.2, 0) is 6.54 Å². The smallest absolute Gasteiger partial charge is 0.226 e. The van der Waals surface area contributed by atoms with Crippen LogP contribution in [0.5, 0.6) is 0 Å². The Kier molecular flexibility index (Phi) is 3.31. The summed E-state index contributed by atoms with van der Waals surface area (Å²) in [5, 5.41) is 0. The van der Waals surface area contributed by atoms with Gasteiger partial charge in [-0.3, -0.25) is 4.90 Å². The molecular weight excluding hydrogens is 245 g/mol. The number of halogens is 1. The van der Waals surface area contributed by atoms with Gasteiger partial charge in [0.25, 0.3) is 0 Å². The van der Waals surface area contributed by atoms with Gasteiger partial charge in [0.05, 0.1) is 5.69 Å². The molecule has 1 aromatic heterocycles. The Hall–Kier alpha value is -1.72. The number of aromatic nitrogens is 1. The van der Waals surface area contributed by atoms with Gasteiger partial charge in [0.15, 0.2) is 0 Å². The van der Waals surface area contributed by atoms with Gasteiger partial charge in [0.2, 0.25) is 5.89 Å². The molecule has 0 saturated carbocycles. The van der Waals surface area contributed by atoms with Crippen LogP contribution in [0.15, 0.2) is 34.9 Å². The molecule has 1 aliphatic heterocycles. The van der Waals surface area contributed by atoms with E-state index in [0.29, 0.717) is 5.89 Å². The predicted octanol–water partition coefficient (Wildman–Crippen LogP) is 2.01. The molecule has 19 heavy (non-hydrogen) atoms. The third kappa shape index (κ3) is 2.83. The van der Waals surface area contributed by atoms with Gasteiger partial charge >= 0.3 is 0 Å². The highest BCUT2D eigenvalue weighted by Crippen LogP contribution is 2.20. The molecule has 0 unspecified atom stereocenters. The lowest BCUT2D eigenvalue weighted by molar-refractivity contribution is 0.322. The maximum Gasteiger partial charge on any atom is 0.226 e. The van der Waals surface area contributed by atoms with E-state index >= 15 is 0 Å². The first-order valence-corrected chi connectivity index (χ1v) is 6.39. The van der Waals surface area contributed by atoms with E-state index in [1.807, 2.05) is 0 Å². The standard InChI is InChI=1S/C14H16FN3O/c15-11-3-1-10(2-4-11)14-17-13(9-19-14)8-18-6-5-12(16)7-18/h1-4,9,12H,5-8,16H2/t12-/m1/s1. The maximum absolute atomic E-state index is 12.8. The third-order valence-corrected chi connectivity index (χ3v) is 3.34. The molecule has 1 atom stereocenters. The Labute approximate surface area is 111 Å². The van der Waals surface area contributed by atoms with E-state index in [1.165, 1.54) is 12.1 Å². The number of benzene rings is 1. The number of rotatable bonds is 3. The van der Waals surface area contributed by atoms with Crippen molar-refractivity contribution in [3.8, 4) is 11.5 Å². The summed E-state index contributed by atoms with van der Waals surface area (Å²) in [6, 6.07) is 6.40. The van der Waals surface area contributed by atoms with Crippen molar-refractivity contribution in [1.29, 1.82) is 0 Å². The molecule has 2 aromatic rings. The highest BCUT2D eigenvalue weighted by Gasteiger charge is 2.20. The van der Waals surface area contributed by atoms with E-state index in [4.69, 9.17) is 10.2 Å². The molecule has 100 valence electrons. The molecule has 1 fully saturated rings. The van der Waals surface area contributed by atoms with Gasteiger partial charge < -0.3 is 10.2 Å². The van der Waals surface area contributed by atoms with Crippen molar-refractivity contribution in [2.45, 2.75) is 19.0 Å². The quantitative estimate of drug-likeness (QED) is 0.918. The van der Waals surface area contributed by atoms with E-state index in [0.717, 1.165) is 37.3 Å². The summed E-state index contributed by atoms with van der Waals surface area (Å²) in [4.78, 5) is 6.69. The summed E-state index contributed by atoms with van der Waals surface area (Å²) in [6.45, 7) is 2.65. The van der Waals surface area contributed by atoms with Crippen LogP contribution in [0.1, 0.15) is 12.1 Å².